The molecule has 0 saturated carbocycles. The van der Waals surface area contributed by atoms with Crippen molar-refractivity contribution in [3.63, 3.8) is 0 Å². The third-order valence-electron chi connectivity index (χ3n) is 2.93. The third kappa shape index (κ3) is 5.90. The Kier molecular flexibility index (Phi) is 7.60. The van der Waals surface area contributed by atoms with Crippen LogP contribution in [0.25, 0.3) is 0 Å². The quantitative estimate of drug-likeness (QED) is 0.416. The van der Waals surface area contributed by atoms with E-state index in [1.807, 2.05) is 17.0 Å². The van der Waals surface area contributed by atoms with Gasteiger partial charge >= 0.3 is 0 Å². The van der Waals surface area contributed by atoms with Crippen molar-refractivity contribution in [1.29, 1.82) is 0 Å². The molecule has 2 rings (SSSR count). The van der Waals surface area contributed by atoms with Gasteiger partial charge in [-0.2, -0.15) is 0 Å². The van der Waals surface area contributed by atoms with Gasteiger partial charge in [-0.3, -0.25) is 0 Å². The molecule has 0 radical (unpaired) electrons. The zero-order valence-corrected chi connectivity index (χ0v) is 12.4. The van der Waals surface area contributed by atoms with Gasteiger partial charge in [0.2, 0.25) is 0 Å². The minimum Gasteiger partial charge on any atom is -0.506 e. The molecule has 0 aromatic heterocycles. The lowest BCUT2D eigenvalue weighted by Gasteiger charge is -2.22. The van der Waals surface area contributed by atoms with E-state index in [2.05, 4.69) is 0 Å². The molecule has 0 atom stereocenters. The van der Waals surface area contributed by atoms with Crippen LogP contribution in [0.15, 0.2) is 48.5 Å². The number of para-hydroxylation sites is 2. The maximum atomic E-state index is 8.83. The largest absolute Gasteiger partial charge is 0.506 e. The highest BCUT2D eigenvalue weighted by atomic mass is 16.3. The third-order valence-corrected chi connectivity index (χ3v) is 2.93. The molecule has 0 heterocycles. The number of aliphatic hydroxyl groups excluding tert-OH is 2. The summed E-state index contributed by atoms with van der Waals surface area (Å²) in [6, 6.07) is 14.1. The number of anilines is 3. The highest BCUT2D eigenvalue weighted by Crippen LogP contribution is 2.16. The first-order chi connectivity index (χ1) is 10.6. The van der Waals surface area contributed by atoms with Crippen LogP contribution in [0, 0.1) is 0 Å². The van der Waals surface area contributed by atoms with E-state index in [9.17, 15) is 0 Å². The number of hydrogen-bond donors (Lipinski definition) is 5. The van der Waals surface area contributed by atoms with Crippen LogP contribution >= 0.6 is 0 Å². The van der Waals surface area contributed by atoms with Gasteiger partial charge in [-0.1, -0.05) is 12.1 Å². The van der Waals surface area contributed by atoms with Crippen LogP contribution in [-0.2, 0) is 0 Å². The number of phenols is 1. The first-order valence-electron chi connectivity index (χ1n) is 6.94. The molecule has 6 nitrogen and oxygen atoms in total. The molecule has 120 valence electrons. The highest BCUT2D eigenvalue weighted by molar-refractivity contribution is 5.53. The molecule has 0 amide bonds. The molecule has 2 aromatic carbocycles. The summed E-state index contributed by atoms with van der Waals surface area (Å²) in [7, 11) is 0. The van der Waals surface area contributed by atoms with Crippen LogP contribution in [0.1, 0.15) is 0 Å². The van der Waals surface area contributed by atoms with Crippen molar-refractivity contribution in [2.75, 3.05) is 42.7 Å². The van der Waals surface area contributed by atoms with Crippen molar-refractivity contribution in [3.8, 4) is 5.75 Å². The Morgan fingerprint density at radius 1 is 0.818 bits per heavy atom. The highest BCUT2D eigenvalue weighted by Gasteiger charge is 2.03. The fourth-order valence-corrected chi connectivity index (χ4v) is 1.78. The molecule has 0 unspecified atom stereocenters. The number of hydrogen-bond acceptors (Lipinski definition) is 6. The van der Waals surface area contributed by atoms with Crippen LogP contribution in [0.2, 0.25) is 0 Å². The van der Waals surface area contributed by atoms with Gasteiger partial charge in [0.15, 0.2) is 0 Å². The van der Waals surface area contributed by atoms with E-state index in [-0.39, 0.29) is 19.0 Å². The van der Waals surface area contributed by atoms with E-state index in [4.69, 9.17) is 26.8 Å². The topological polar surface area (TPSA) is 116 Å². The zero-order valence-electron chi connectivity index (χ0n) is 12.4. The number of aromatic hydroxyl groups is 1. The summed E-state index contributed by atoms with van der Waals surface area (Å²) in [5, 5.41) is 26.5. The van der Waals surface area contributed by atoms with Gasteiger partial charge in [0.05, 0.1) is 18.9 Å². The van der Waals surface area contributed by atoms with Crippen molar-refractivity contribution >= 4 is 17.1 Å². The number of nitrogens with two attached hydrogens (primary N) is 2. The number of benzene rings is 2. The van der Waals surface area contributed by atoms with E-state index >= 15 is 0 Å². The average molecular weight is 305 g/mol. The van der Waals surface area contributed by atoms with Crippen molar-refractivity contribution in [2.24, 2.45) is 0 Å². The Bertz CT molecular complexity index is 520. The van der Waals surface area contributed by atoms with Crippen LogP contribution in [-0.4, -0.2) is 41.6 Å². The second kappa shape index (κ2) is 9.49. The van der Waals surface area contributed by atoms with E-state index < -0.39 is 0 Å². The standard InChI is InChI=1S/C10H16N2O2.C6H7NO/c11-9-1-3-10(4-2-9)12(5-7-13)6-8-14;7-5-3-1-2-4-6(5)8/h1-4,13-14H,5-8,11H2;1-4,8H,7H2. The van der Waals surface area contributed by atoms with Crippen molar-refractivity contribution in [3.05, 3.63) is 48.5 Å². The molecule has 0 fully saturated rings. The molecular formula is C16H23N3O3. The maximum Gasteiger partial charge on any atom is 0.138 e. The van der Waals surface area contributed by atoms with Gasteiger partial charge < -0.3 is 31.7 Å². The van der Waals surface area contributed by atoms with E-state index in [0.717, 1.165) is 5.69 Å². The van der Waals surface area contributed by atoms with E-state index in [0.29, 0.717) is 24.5 Å². The molecule has 6 heteroatoms. The monoisotopic (exact) mass is 305 g/mol. The van der Waals surface area contributed by atoms with Crippen molar-refractivity contribution in [1.82, 2.24) is 0 Å². The van der Waals surface area contributed by atoms with Crippen LogP contribution < -0.4 is 16.4 Å². The predicted octanol–water partition coefficient (Wildman–Crippen LogP) is 1.03. The minimum absolute atomic E-state index is 0.0738. The Labute approximate surface area is 130 Å². The SMILES string of the molecule is Nc1ccc(N(CCO)CCO)cc1.Nc1ccccc1O. The van der Waals surface area contributed by atoms with E-state index in [1.165, 1.54) is 0 Å². The second-order valence-electron chi connectivity index (χ2n) is 4.58. The van der Waals surface area contributed by atoms with Crippen LogP contribution in [0.4, 0.5) is 17.1 Å². The van der Waals surface area contributed by atoms with Crippen molar-refractivity contribution in [2.45, 2.75) is 0 Å². The van der Waals surface area contributed by atoms with Gasteiger partial charge in [-0.05, 0) is 36.4 Å². The smallest absolute Gasteiger partial charge is 0.138 e. The van der Waals surface area contributed by atoms with Gasteiger partial charge in [-0.25, -0.2) is 0 Å². The molecule has 0 saturated heterocycles. The van der Waals surface area contributed by atoms with E-state index in [1.54, 1.807) is 36.4 Å². The Morgan fingerprint density at radius 2 is 1.36 bits per heavy atom. The number of rotatable bonds is 5. The zero-order chi connectivity index (χ0) is 16.4. The van der Waals surface area contributed by atoms with Crippen molar-refractivity contribution < 1.29 is 15.3 Å². The van der Waals surface area contributed by atoms with Gasteiger partial charge in [0.1, 0.15) is 5.75 Å². The molecule has 0 spiro atoms. The lowest BCUT2D eigenvalue weighted by atomic mass is 10.2. The Morgan fingerprint density at radius 3 is 1.77 bits per heavy atom. The first-order valence-corrected chi connectivity index (χ1v) is 6.94. The van der Waals surface area contributed by atoms with Crippen LogP contribution in [0.5, 0.6) is 5.75 Å². The van der Waals surface area contributed by atoms with Gasteiger partial charge in [0.25, 0.3) is 0 Å². The summed E-state index contributed by atoms with van der Waals surface area (Å²) >= 11 is 0. The average Bonchev–Trinajstić information content (AvgIpc) is 2.52. The van der Waals surface area contributed by atoms with Gasteiger partial charge in [0, 0.05) is 24.5 Å². The summed E-state index contributed by atoms with van der Waals surface area (Å²) in [6.07, 6.45) is 0. The Hall–Kier alpha value is -2.44. The summed E-state index contributed by atoms with van der Waals surface area (Å²) in [5.74, 6) is 0.146. The summed E-state index contributed by atoms with van der Waals surface area (Å²) in [6.45, 7) is 1.18. The fraction of sp³-hybridized carbons (Fsp3) is 0.250. The number of phenolic OH excluding ortho intramolecular Hbond substituents is 1. The molecule has 0 bridgehead atoms. The number of nitrogen functional groups attached to an aromatic ring is 2. The number of nitrogens with zero attached hydrogens (tertiary/aromatic N) is 1. The second-order valence-corrected chi connectivity index (χ2v) is 4.58. The van der Waals surface area contributed by atoms with Crippen LogP contribution in [0.3, 0.4) is 0 Å². The molecule has 0 aliphatic carbocycles. The molecular weight excluding hydrogens is 282 g/mol. The number of aliphatic hydroxyl groups is 2. The predicted molar refractivity (Wildman–Crippen MR) is 89.8 cm³/mol. The first kappa shape index (κ1) is 17.6. The van der Waals surface area contributed by atoms with Gasteiger partial charge in [-0.15, -0.1) is 0 Å². The normalized spacial score (nSPS) is 9.73. The lowest BCUT2D eigenvalue weighted by Crippen LogP contribution is -2.29. The minimum atomic E-state index is 0.0738. The summed E-state index contributed by atoms with van der Waals surface area (Å²) < 4.78 is 0. The molecule has 22 heavy (non-hydrogen) atoms. The molecule has 7 N–H and O–H groups in total. The summed E-state index contributed by atoms with van der Waals surface area (Å²) in [5.41, 5.74) is 12.9. The molecule has 0 aliphatic heterocycles. The fourth-order valence-electron chi connectivity index (χ4n) is 1.78. The maximum absolute atomic E-state index is 8.83. The lowest BCUT2D eigenvalue weighted by molar-refractivity contribution is 0.281. The summed E-state index contributed by atoms with van der Waals surface area (Å²) in [4.78, 5) is 1.90. The Balaban J connectivity index is 0.000000255. The molecule has 2 aromatic rings. The molecule has 0 aliphatic rings.